The molecule has 0 atom stereocenters. The fourth-order valence-corrected chi connectivity index (χ4v) is 7.43. The van der Waals surface area contributed by atoms with Crippen LogP contribution in [0, 0.1) is 12.8 Å². The molecule has 0 N–H and O–H groups in total. The van der Waals surface area contributed by atoms with Crippen molar-refractivity contribution in [2.24, 2.45) is 0 Å². The van der Waals surface area contributed by atoms with Gasteiger partial charge in [-0.05, 0) is 91.4 Å². The normalized spacial score (nSPS) is 11.8. The first kappa shape index (κ1) is 58.9. The van der Waals surface area contributed by atoms with Crippen molar-refractivity contribution in [3.63, 3.8) is 0 Å². The number of methoxy groups -OCH3 is 1. The van der Waals surface area contributed by atoms with E-state index in [1.165, 1.54) is 45.9 Å². The number of anilines is 2. The standard InChI is InChI=1S/C31H26F3N3O.C25H24F3N3O2.C2H6.C2H2/c1-3-11-29(38)37(26-14-10-13-25(19-26)31(32,33)34)30-22(4-2)21-36-28-16-15-23(18-27(28)30)24-12-8-6-5-7-9-17-35-20-24;1-4-21-20(11-8-18-9-12-22(33-3)30-15-18)24-19(16-29-21)10-13-23(32)31(24)14-6-5-7-17(2)25(26,27)28;2*1-2/h3,5-10,12-21H,1,4,11H2,2H3;4-7,9-13,15-16H,8,14H2,1-3H3;1-2H3;1-2H/b;6-5-,17-7+,20-11+,21-4+;;. The zero-order chi connectivity index (χ0) is 55.1. The minimum absolute atomic E-state index is 0.0502. The number of allylic oxidation sites excluding steroid dienone is 4. The molecule has 15 heteroatoms. The fraction of sp³-hybridized carbons (Fsp3) is 0.200. The third-order valence-electron chi connectivity index (χ3n) is 11.1. The molecule has 75 heavy (non-hydrogen) atoms. The van der Waals surface area contributed by atoms with Gasteiger partial charge in [-0.3, -0.25) is 29.4 Å². The molecule has 7 aromatic rings. The number of benzene rings is 2. The van der Waals surface area contributed by atoms with E-state index in [1.807, 2.05) is 101 Å². The number of alkyl halides is 6. The molecular weight excluding hydrogens is 967 g/mol. The van der Waals surface area contributed by atoms with Gasteiger partial charge in [0, 0.05) is 83.3 Å². The number of ether oxygens (including phenoxy) is 1. The topological polar surface area (TPSA) is 103 Å². The van der Waals surface area contributed by atoms with Crippen molar-refractivity contribution >= 4 is 51.2 Å². The number of hydrogen-bond acceptors (Lipinski definition) is 7. The van der Waals surface area contributed by atoms with Gasteiger partial charge in [0.1, 0.15) is 0 Å². The van der Waals surface area contributed by atoms with Gasteiger partial charge in [0.25, 0.3) is 5.56 Å². The molecule has 0 fully saturated rings. The highest BCUT2D eigenvalue weighted by molar-refractivity contribution is 6.09. The van der Waals surface area contributed by atoms with Crippen LogP contribution in [0.25, 0.3) is 45.1 Å². The molecule has 0 bridgehead atoms. The molecule has 5 aromatic heterocycles. The van der Waals surface area contributed by atoms with Crippen molar-refractivity contribution in [3.8, 4) is 29.9 Å². The van der Waals surface area contributed by atoms with E-state index in [4.69, 9.17) is 4.74 Å². The average Bonchev–Trinajstić information content (AvgIpc) is 3.42. The molecular formula is C60H58F6N6O3. The molecule has 0 aliphatic carbocycles. The molecule has 9 nitrogen and oxygen atoms in total. The molecule has 0 radical (unpaired) electrons. The number of carbonyl (C=O) groups excluding carboxylic acids is 1. The van der Waals surface area contributed by atoms with Gasteiger partial charge >= 0.3 is 12.4 Å². The minimum atomic E-state index is -4.55. The third-order valence-corrected chi connectivity index (χ3v) is 11.1. The summed E-state index contributed by atoms with van der Waals surface area (Å²) in [4.78, 5) is 45.1. The lowest BCUT2D eigenvalue weighted by Gasteiger charge is -2.27. The van der Waals surface area contributed by atoms with Gasteiger partial charge in [-0.25, -0.2) is 4.98 Å². The van der Waals surface area contributed by atoms with Crippen LogP contribution < -0.4 is 25.8 Å². The van der Waals surface area contributed by atoms with Crippen LogP contribution in [0.15, 0.2) is 175 Å². The highest BCUT2D eigenvalue weighted by Gasteiger charge is 2.32. The lowest BCUT2D eigenvalue weighted by Crippen LogP contribution is -2.34. The van der Waals surface area contributed by atoms with Crippen LogP contribution in [-0.2, 0) is 30.4 Å². The van der Waals surface area contributed by atoms with Gasteiger partial charge in [0.2, 0.25) is 11.8 Å². The Hall–Kier alpha value is -8.64. The molecule has 1 amide bonds. The Kier molecular flexibility index (Phi) is 22.4. The summed E-state index contributed by atoms with van der Waals surface area (Å²) in [7, 11) is 1.55. The predicted molar refractivity (Wildman–Crippen MR) is 290 cm³/mol. The lowest BCUT2D eigenvalue weighted by atomic mass is 10.00. The summed E-state index contributed by atoms with van der Waals surface area (Å²) in [6.45, 7) is 12.6. The monoisotopic (exact) mass is 1020 g/mol. The molecule has 7 rings (SSSR count). The maximum absolute atomic E-state index is 13.6. The summed E-state index contributed by atoms with van der Waals surface area (Å²) in [5, 5.41) is 2.89. The Morgan fingerprint density at radius 1 is 0.840 bits per heavy atom. The van der Waals surface area contributed by atoms with E-state index >= 15 is 0 Å². The van der Waals surface area contributed by atoms with Crippen LogP contribution in [0.3, 0.4) is 0 Å². The molecule has 388 valence electrons. The molecule has 5 heterocycles. The van der Waals surface area contributed by atoms with Crippen molar-refractivity contribution in [2.45, 2.75) is 72.8 Å². The van der Waals surface area contributed by atoms with E-state index in [2.05, 4.69) is 39.4 Å². The number of nitrogens with zero attached hydrogens (tertiary/aromatic N) is 6. The van der Waals surface area contributed by atoms with Crippen LogP contribution in [0.2, 0.25) is 0 Å². The molecule has 0 saturated heterocycles. The quantitative estimate of drug-likeness (QED) is 0.0520. The van der Waals surface area contributed by atoms with Gasteiger partial charge < -0.3 is 9.30 Å². The van der Waals surface area contributed by atoms with Crippen molar-refractivity contribution in [1.29, 1.82) is 0 Å². The maximum atomic E-state index is 13.6. The lowest BCUT2D eigenvalue weighted by molar-refractivity contribution is -0.137. The second-order valence-corrected chi connectivity index (χ2v) is 15.8. The van der Waals surface area contributed by atoms with Crippen molar-refractivity contribution in [2.75, 3.05) is 12.0 Å². The largest absolute Gasteiger partial charge is 0.481 e. The Morgan fingerprint density at radius 3 is 2.25 bits per heavy atom. The minimum Gasteiger partial charge on any atom is -0.481 e. The Morgan fingerprint density at radius 2 is 1.59 bits per heavy atom. The summed E-state index contributed by atoms with van der Waals surface area (Å²) in [5.74, 6) is 0.120. The first-order valence-electron chi connectivity index (χ1n) is 23.7. The van der Waals surface area contributed by atoms with Crippen LogP contribution in [0.4, 0.5) is 37.7 Å². The van der Waals surface area contributed by atoms with Gasteiger partial charge in [0.15, 0.2) is 0 Å². The number of carbonyl (C=O) groups is 1. The zero-order valence-electron chi connectivity index (χ0n) is 42.5. The number of amides is 1. The van der Waals surface area contributed by atoms with Crippen molar-refractivity contribution in [3.05, 3.63) is 208 Å². The molecule has 0 saturated carbocycles. The van der Waals surface area contributed by atoms with Crippen molar-refractivity contribution in [1.82, 2.24) is 24.5 Å². The maximum Gasteiger partial charge on any atom is 0.416 e. The highest BCUT2D eigenvalue weighted by Crippen LogP contribution is 2.40. The number of terminal acetylenes is 1. The summed E-state index contributed by atoms with van der Waals surface area (Å²) in [6, 6.07) is 28.5. The Balaban J connectivity index is 0.000000307. The Labute approximate surface area is 433 Å². The van der Waals surface area contributed by atoms with Gasteiger partial charge in [-0.2, -0.15) is 26.3 Å². The number of aromatic nitrogens is 5. The van der Waals surface area contributed by atoms with Crippen LogP contribution in [0.1, 0.15) is 57.7 Å². The average molecular weight is 1030 g/mol. The molecule has 2 aromatic carbocycles. The van der Waals surface area contributed by atoms with Gasteiger partial charge in [0.05, 0.1) is 34.7 Å². The summed E-state index contributed by atoms with van der Waals surface area (Å²) in [5.41, 5.74) is 3.43. The summed E-state index contributed by atoms with van der Waals surface area (Å²) >= 11 is 0. The number of rotatable bonds is 12. The SMILES string of the molecule is C#C.C/C=c1/ncc2ccc(=O)n(C/C=C\C=C(/C)C(F)(F)F)c2/c1=C/Cc1ccc(OC)nc1.C=CCC(=O)N(c1cccc(C(F)(F)F)c1)c1c(CC)cnc2ccc(-c3cccccccnc3)cc12.CC. The van der Waals surface area contributed by atoms with E-state index in [-0.39, 0.29) is 24.2 Å². The highest BCUT2D eigenvalue weighted by atomic mass is 19.4. The van der Waals surface area contributed by atoms with Crippen LogP contribution in [0.5, 0.6) is 5.88 Å². The second kappa shape index (κ2) is 28.6. The van der Waals surface area contributed by atoms with Gasteiger partial charge in [-0.1, -0.05) is 106 Å². The van der Waals surface area contributed by atoms with E-state index in [1.54, 1.807) is 50.2 Å². The number of fused-ring (bicyclic) bond motifs is 2. The molecule has 0 aliphatic heterocycles. The first-order chi connectivity index (χ1) is 36.1. The number of aryl methyl sites for hydroxylation is 1. The Bertz CT molecular complexity index is 3370. The molecule has 0 spiro atoms. The molecule has 0 aliphatic rings. The number of halogens is 6. The zero-order valence-corrected chi connectivity index (χ0v) is 42.5. The number of hydrogen-bond donors (Lipinski definition) is 0. The van der Waals surface area contributed by atoms with E-state index < -0.39 is 29.4 Å². The molecule has 0 unspecified atom stereocenters. The smallest absolute Gasteiger partial charge is 0.416 e. The summed E-state index contributed by atoms with van der Waals surface area (Å²) < 4.78 is 85.5. The number of pyridine rings is 4. The van der Waals surface area contributed by atoms with E-state index in [0.717, 1.165) is 58.0 Å². The fourth-order valence-electron chi connectivity index (χ4n) is 7.43. The van der Waals surface area contributed by atoms with Crippen molar-refractivity contribution < 1.29 is 35.9 Å². The third kappa shape index (κ3) is 15.9. The van der Waals surface area contributed by atoms with E-state index in [9.17, 15) is 35.9 Å². The van der Waals surface area contributed by atoms with Crippen LogP contribution in [-0.4, -0.2) is 43.7 Å². The summed E-state index contributed by atoms with van der Waals surface area (Å²) in [6.07, 6.45) is 17.7. The first-order valence-corrected chi connectivity index (χ1v) is 23.7. The van der Waals surface area contributed by atoms with Crippen LogP contribution >= 0.6 is 0 Å². The predicted octanol–water partition coefficient (Wildman–Crippen LogP) is 13.2. The second-order valence-electron chi connectivity index (χ2n) is 15.8. The van der Waals surface area contributed by atoms with E-state index in [0.29, 0.717) is 46.2 Å². The van der Waals surface area contributed by atoms with Gasteiger partial charge in [-0.15, -0.1) is 19.4 Å².